The number of carbonyl (C=O) groups excluding carboxylic acids is 1. The fraction of sp³-hybridized carbons (Fsp3) is 0.312. The molecule has 1 aromatic carbocycles. The van der Waals surface area contributed by atoms with E-state index in [1.165, 1.54) is 24.5 Å². The molecule has 2 heterocycles. The molecular formula is C16H17FN4O2. The molecule has 1 aliphatic heterocycles. The van der Waals surface area contributed by atoms with E-state index < -0.39 is 5.82 Å². The Bertz CT molecular complexity index is 700. The van der Waals surface area contributed by atoms with Crippen LogP contribution in [0.1, 0.15) is 15.9 Å². The van der Waals surface area contributed by atoms with Crippen molar-refractivity contribution in [2.75, 3.05) is 36.5 Å². The van der Waals surface area contributed by atoms with Crippen LogP contribution in [0.2, 0.25) is 0 Å². The van der Waals surface area contributed by atoms with E-state index >= 15 is 0 Å². The molecule has 2 aromatic rings. The molecule has 0 spiro atoms. The Morgan fingerprint density at radius 2 is 1.96 bits per heavy atom. The van der Waals surface area contributed by atoms with E-state index in [2.05, 4.69) is 15.3 Å². The van der Waals surface area contributed by atoms with Crippen LogP contribution in [0.5, 0.6) is 0 Å². The largest absolute Gasteiger partial charge is 0.378 e. The highest BCUT2D eigenvalue weighted by molar-refractivity contribution is 6.04. The van der Waals surface area contributed by atoms with Gasteiger partial charge < -0.3 is 15.0 Å². The molecule has 0 atom stereocenters. The van der Waals surface area contributed by atoms with Crippen molar-refractivity contribution in [2.24, 2.45) is 0 Å². The number of hydrogen-bond donors (Lipinski definition) is 1. The molecule has 1 aliphatic rings. The molecule has 0 saturated carbocycles. The fourth-order valence-electron chi connectivity index (χ4n) is 2.29. The first-order valence-electron chi connectivity index (χ1n) is 7.36. The summed E-state index contributed by atoms with van der Waals surface area (Å²) in [6.45, 7) is 4.55. The third-order valence-corrected chi connectivity index (χ3v) is 3.64. The number of amides is 1. The SMILES string of the molecule is Cc1ccc(F)cc1NC(=O)c1cnc(N2CCOCC2)nc1. The highest BCUT2D eigenvalue weighted by atomic mass is 19.1. The Morgan fingerprint density at radius 1 is 1.26 bits per heavy atom. The maximum absolute atomic E-state index is 13.3. The molecule has 23 heavy (non-hydrogen) atoms. The monoisotopic (exact) mass is 316 g/mol. The zero-order chi connectivity index (χ0) is 16.2. The highest BCUT2D eigenvalue weighted by Crippen LogP contribution is 2.17. The molecule has 1 amide bonds. The molecule has 1 fully saturated rings. The van der Waals surface area contributed by atoms with Gasteiger partial charge in [-0.1, -0.05) is 6.07 Å². The van der Waals surface area contributed by atoms with E-state index in [0.29, 0.717) is 30.4 Å². The Morgan fingerprint density at radius 3 is 2.65 bits per heavy atom. The number of halogens is 1. The second-order valence-corrected chi connectivity index (χ2v) is 5.28. The van der Waals surface area contributed by atoms with Crippen LogP contribution in [-0.2, 0) is 4.74 Å². The summed E-state index contributed by atoms with van der Waals surface area (Å²) in [4.78, 5) is 22.7. The first-order chi connectivity index (χ1) is 11.1. The van der Waals surface area contributed by atoms with Crippen LogP contribution in [0.4, 0.5) is 16.0 Å². The van der Waals surface area contributed by atoms with Crippen molar-refractivity contribution in [3.63, 3.8) is 0 Å². The lowest BCUT2D eigenvalue weighted by Gasteiger charge is -2.26. The van der Waals surface area contributed by atoms with Crippen LogP contribution in [0.15, 0.2) is 30.6 Å². The summed E-state index contributed by atoms with van der Waals surface area (Å²) in [6.07, 6.45) is 2.95. The summed E-state index contributed by atoms with van der Waals surface area (Å²) in [5.74, 6) is -0.191. The number of aryl methyl sites for hydroxylation is 1. The number of hydrogen-bond acceptors (Lipinski definition) is 5. The van der Waals surface area contributed by atoms with E-state index in [4.69, 9.17) is 4.74 Å². The Kier molecular flexibility index (Phi) is 4.47. The molecule has 1 saturated heterocycles. The summed E-state index contributed by atoms with van der Waals surface area (Å²) < 4.78 is 18.5. The summed E-state index contributed by atoms with van der Waals surface area (Å²) in [5.41, 5.74) is 1.54. The van der Waals surface area contributed by atoms with Gasteiger partial charge in [0.25, 0.3) is 5.91 Å². The van der Waals surface area contributed by atoms with Crippen LogP contribution in [0, 0.1) is 12.7 Å². The first-order valence-corrected chi connectivity index (χ1v) is 7.36. The van der Waals surface area contributed by atoms with Crippen molar-refractivity contribution in [1.29, 1.82) is 0 Å². The Balaban J connectivity index is 1.71. The number of nitrogens with zero attached hydrogens (tertiary/aromatic N) is 3. The van der Waals surface area contributed by atoms with E-state index in [9.17, 15) is 9.18 Å². The lowest BCUT2D eigenvalue weighted by molar-refractivity contribution is 0.102. The number of anilines is 2. The minimum Gasteiger partial charge on any atom is -0.378 e. The fourth-order valence-corrected chi connectivity index (χ4v) is 2.29. The minimum absolute atomic E-state index is 0.325. The number of rotatable bonds is 3. The number of benzene rings is 1. The van der Waals surface area contributed by atoms with Crippen LogP contribution >= 0.6 is 0 Å². The molecule has 7 heteroatoms. The smallest absolute Gasteiger partial charge is 0.258 e. The summed E-state index contributed by atoms with van der Waals surface area (Å²) in [5, 5.41) is 2.67. The van der Waals surface area contributed by atoms with Crippen molar-refractivity contribution in [3.05, 3.63) is 47.5 Å². The van der Waals surface area contributed by atoms with Crippen molar-refractivity contribution in [2.45, 2.75) is 6.92 Å². The molecule has 0 radical (unpaired) electrons. The van der Waals surface area contributed by atoms with Gasteiger partial charge in [-0.2, -0.15) is 0 Å². The number of morpholine rings is 1. The molecule has 0 unspecified atom stereocenters. The van der Waals surface area contributed by atoms with Gasteiger partial charge in [0.1, 0.15) is 5.82 Å². The number of nitrogens with one attached hydrogen (secondary N) is 1. The second kappa shape index (κ2) is 6.70. The quantitative estimate of drug-likeness (QED) is 0.938. The van der Waals surface area contributed by atoms with Gasteiger partial charge in [0, 0.05) is 31.2 Å². The standard InChI is InChI=1S/C16H17FN4O2/c1-11-2-3-13(17)8-14(11)20-15(22)12-9-18-16(19-10-12)21-4-6-23-7-5-21/h2-3,8-10H,4-7H2,1H3,(H,20,22). The molecule has 0 aliphatic carbocycles. The summed E-state index contributed by atoms with van der Waals surface area (Å²) in [7, 11) is 0. The maximum Gasteiger partial charge on any atom is 0.258 e. The van der Waals surface area contributed by atoms with Crippen molar-refractivity contribution < 1.29 is 13.9 Å². The molecule has 6 nitrogen and oxygen atoms in total. The first kappa shape index (κ1) is 15.4. The van der Waals surface area contributed by atoms with E-state index in [0.717, 1.165) is 18.7 Å². The summed E-state index contributed by atoms with van der Waals surface area (Å²) >= 11 is 0. The van der Waals surface area contributed by atoms with E-state index in [-0.39, 0.29) is 5.91 Å². The molecule has 0 bridgehead atoms. The van der Waals surface area contributed by atoms with Gasteiger partial charge in [0.05, 0.1) is 18.8 Å². The maximum atomic E-state index is 13.3. The Hall–Kier alpha value is -2.54. The van der Waals surface area contributed by atoms with Crippen LogP contribution in [0.3, 0.4) is 0 Å². The lowest BCUT2D eigenvalue weighted by Crippen LogP contribution is -2.37. The van der Waals surface area contributed by atoms with E-state index in [1.807, 2.05) is 4.90 Å². The average Bonchev–Trinajstić information content (AvgIpc) is 2.59. The van der Waals surface area contributed by atoms with Crippen LogP contribution in [-0.4, -0.2) is 42.2 Å². The third-order valence-electron chi connectivity index (χ3n) is 3.64. The number of aromatic nitrogens is 2. The Labute approximate surface area is 133 Å². The second-order valence-electron chi connectivity index (χ2n) is 5.28. The van der Waals surface area contributed by atoms with Gasteiger partial charge >= 0.3 is 0 Å². The molecule has 3 rings (SSSR count). The van der Waals surface area contributed by atoms with Gasteiger partial charge in [-0.05, 0) is 24.6 Å². The van der Waals surface area contributed by atoms with Gasteiger partial charge in [0.15, 0.2) is 0 Å². The van der Waals surface area contributed by atoms with Gasteiger partial charge in [-0.25, -0.2) is 14.4 Å². The van der Waals surface area contributed by atoms with Crippen molar-refractivity contribution >= 4 is 17.5 Å². The lowest BCUT2D eigenvalue weighted by atomic mass is 10.2. The number of carbonyl (C=O) groups is 1. The predicted molar refractivity (Wildman–Crippen MR) is 84.2 cm³/mol. The van der Waals surface area contributed by atoms with Gasteiger partial charge in [-0.15, -0.1) is 0 Å². The van der Waals surface area contributed by atoms with Crippen molar-refractivity contribution in [3.8, 4) is 0 Å². The predicted octanol–water partition coefficient (Wildman–Crippen LogP) is 2.01. The minimum atomic E-state index is -0.398. The molecular weight excluding hydrogens is 299 g/mol. The molecule has 1 aromatic heterocycles. The molecule has 120 valence electrons. The van der Waals surface area contributed by atoms with Crippen molar-refractivity contribution in [1.82, 2.24) is 9.97 Å². The topological polar surface area (TPSA) is 67.4 Å². The van der Waals surface area contributed by atoms with E-state index in [1.54, 1.807) is 13.0 Å². The highest BCUT2D eigenvalue weighted by Gasteiger charge is 2.15. The third kappa shape index (κ3) is 3.62. The summed E-state index contributed by atoms with van der Waals surface area (Å²) in [6, 6.07) is 4.25. The average molecular weight is 316 g/mol. The van der Waals surface area contributed by atoms with Gasteiger partial charge in [0.2, 0.25) is 5.95 Å². The van der Waals surface area contributed by atoms with Crippen LogP contribution < -0.4 is 10.2 Å². The zero-order valence-corrected chi connectivity index (χ0v) is 12.8. The van der Waals surface area contributed by atoms with Gasteiger partial charge in [-0.3, -0.25) is 4.79 Å². The number of ether oxygens (including phenoxy) is 1. The normalized spacial score (nSPS) is 14.6. The van der Waals surface area contributed by atoms with Crippen LogP contribution in [0.25, 0.3) is 0 Å². The zero-order valence-electron chi connectivity index (χ0n) is 12.8. The molecule has 1 N–H and O–H groups in total.